The number of rotatable bonds is 4. The molecule has 98 valence electrons. The summed E-state index contributed by atoms with van der Waals surface area (Å²) in [6.07, 6.45) is 2.22. The van der Waals surface area contributed by atoms with E-state index < -0.39 is 12.1 Å². The Hall–Kier alpha value is -2.07. The molecule has 19 heavy (non-hydrogen) atoms. The summed E-state index contributed by atoms with van der Waals surface area (Å²) < 4.78 is 10.6. The first-order valence-corrected chi connectivity index (χ1v) is 6.07. The molecule has 0 radical (unpaired) electrons. The van der Waals surface area contributed by atoms with Crippen LogP contribution in [0, 0.1) is 0 Å². The number of esters is 1. The monoisotopic (exact) mass is 277 g/mol. The van der Waals surface area contributed by atoms with Crippen LogP contribution in [0.2, 0.25) is 5.02 Å². The van der Waals surface area contributed by atoms with E-state index in [2.05, 4.69) is 4.98 Å². The summed E-state index contributed by atoms with van der Waals surface area (Å²) >= 11 is 5.78. The number of carbonyl (C=O) groups is 1. The number of ether oxygens (including phenoxy) is 2. The van der Waals surface area contributed by atoms with Crippen LogP contribution in [-0.4, -0.2) is 17.1 Å². The van der Waals surface area contributed by atoms with E-state index >= 15 is 0 Å². The van der Waals surface area contributed by atoms with E-state index in [1.165, 1.54) is 12.4 Å². The molecular weight excluding hydrogens is 266 g/mol. The number of hydrogen-bond acceptors (Lipinski definition) is 4. The number of benzene rings is 1. The average molecular weight is 278 g/mol. The van der Waals surface area contributed by atoms with E-state index in [4.69, 9.17) is 21.1 Å². The predicted molar refractivity (Wildman–Crippen MR) is 71.4 cm³/mol. The maximum atomic E-state index is 11.8. The smallest absolute Gasteiger partial charge is 0.352 e. The van der Waals surface area contributed by atoms with E-state index in [-0.39, 0.29) is 0 Å². The molecule has 5 heteroatoms. The van der Waals surface area contributed by atoms with Gasteiger partial charge in [0.25, 0.3) is 0 Å². The summed E-state index contributed by atoms with van der Waals surface area (Å²) in [5.41, 5.74) is 0. The molecule has 0 aliphatic carbocycles. The molecule has 0 spiro atoms. The van der Waals surface area contributed by atoms with Gasteiger partial charge in [-0.1, -0.05) is 29.8 Å². The van der Waals surface area contributed by atoms with Gasteiger partial charge in [-0.05, 0) is 19.1 Å². The van der Waals surface area contributed by atoms with E-state index in [0.717, 1.165) is 0 Å². The molecule has 0 aliphatic rings. The Morgan fingerprint density at radius 2 is 1.95 bits per heavy atom. The highest BCUT2D eigenvalue weighted by molar-refractivity contribution is 6.30. The molecule has 1 unspecified atom stereocenters. The number of nitrogens with zero attached hydrogens (tertiary/aromatic N) is 1. The van der Waals surface area contributed by atoms with Crippen molar-refractivity contribution in [2.24, 2.45) is 0 Å². The van der Waals surface area contributed by atoms with Crippen molar-refractivity contribution in [1.82, 2.24) is 4.98 Å². The van der Waals surface area contributed by atoms with Gasteiger partial charge in [-0.2, -0.15) is 0 Å². The number of pyridine rings is 1. The van der Waals surface area contributed by atoms with Gasteiger partial charge in [0.05, 0.1) is 11.2 Å². The topological polar surface area (TPSA) is 48.4 Å². The van der Waals surface area contributed by atoms with Crippen LogP contribution in [0.3, 0.4) is 0 Å². The number of aromatic nitrogens is 1. The second-order valence-corrected chi connectivity index (χ2v) is 4.27. The van der Waals surface area contributed by atoms with Crippen LogP contribution < -0.4 is 9.47 Å². The highest BCUT2D eigenvalue weighted by Crippen LogP contribution is 2.17. The van der Waals surface area contributed by atoms with Crippen molar-refractivity contribution in [3.8, 4) is 11.5 Å². The van der Waals surface area contributed by atoms with E-state index in [0.29, 0.717) is 16.5 Å². The van der Waals surface area contributed by atoms with Gasteiger partial charge in [-0.3, -0.25) is 4.98 Å². The lowest BCUT2D eigenvalue weighted by Gasteiger charge is -2.13. The molecule has 0 aliphatic heterocycles. The van der Waals surface area contributed by atoms with E-state index in [9.17, 15) is 4.79 Å². The van der Waals surface area contributed by atoms with Gasteiger partial charge >= 0.3 is 5.97 Å². The van der Waals surface area contributed by atoms with Crippen molar-refractivity contribution < 1.29 is 14.3 Å². The van der Waals surface area contributed by atoms with Crippen LogP contribution in [0.1, 0.15) is 6.92 Å². The predicted octanol–water partition coefficient (Wildman–Crippen LogP) is 3.11. The highest BCUT2D eigenvalue weighted by Gasteiger charge is 2.17. The molecule has 1 aromatic heterocycles. The van der Waals surface area contributed by atoms with Crippen molar-refractivity contribution in [2.45, 2.75) is 13.0 Å². The lowest BCUT2D eigenvalue weighted by Crippen LogP contribution is -2.28. The molecule has 0 bridgehead atoms. The Morgan fingerprint density at radius 3 is 2.63 bits per heavy atom. The molecule has 1 heterocycles. The van der Waals surface area contributed by atoms with Crippen molar-refractivity contribution >= 4 is 17.6 Å². The molecule has 1 aromatic carbocycles. The van der Waals surface area contributed by atoms with Gasteiger partial charge in [0.2, 0.25) is 0 Å². The third-order valence-corrected chi connectivity index (χ3v) is 2.49. The second kappa shape index (κ2) is 6.20. The van der Waals surface area contributed by atoms with Crippen LogP contribution in [0.5, 0.6) is 11.5 Å². The first-order valence-electron chi connectivity index (χ1n) is 5.69. The molecule has 4 nitrogen and oxygen atoms in total. The minimum atomic E-state index is -0.750. The van der Waals surface area contributed by atoms with Gasteiger partial charge in [0.15, 0.2) is 6.10 Å². The molecular formula is C14H12ClNO3. The third kappa shape index (κ3) is 3.96. The summed E-state index contributed by atoms with van der Waals surface area (Å²) in [6, 6.07) is 10.4. The third-order valence-electron chi connectivity index (χ3n) is 2.29. The van der Waals surface area contributed by atoms with E-state index in [1.54, 1.807) is 37.3 Å². The summed E-state index contributed by atoms with van der Waals surface area (Å²) in [4.78, 5) is 15.7. The van der Waals surface area contributed by atoms with Gasteiger partial charge in [0.1, 0.15) is 11.5 Å². The molecule has 2 rings (SSSR count). The summed E-state index contributed by atoms with van der Waals surface area (Å²) in [6.45, 7) is 1.60. The quantitative estimate of drug-likeness (QED) is 0.636. The molecule has 0 fully saturated rings. The Bertz CT molecular complexity index is 560. The van der Waals surface area contributed by atoms with Crippen molar-refractivity contribution in [3.63, 3.8) is 0 Å². The Kier molecular flexibility index (Phi) is 4.36. The van der Waals surface area contributed by atoms with Crippen LogP contribution in [0.25, 0.3) is 0 Å². The zero-order chi connectivity index (χ0) is 13.7. The second-order valence-electron chi connectivity index (χ2n) is 3.83. The molecule has 2 aromatic rings. The molecule has 0 saturated carbocycles. The maximum Gasteiger partial charge on any atom is 0.352 e. The number of para-hydroxylation sites is 1. The van der Waals surface area contributed by atoms with Gasteiger partial charge in [0, 0.05) is 12.3 Å². The zero-order valence-corrected chi connectivity index (χ0v) is 11.0. The standard InChI is InChI=1S/C14H12ClNO3/c1-10(18-13-7-11(15)8-16-9-13)14(17)19-12-5-3-2-4-6-12/h2-10H,1H3. The van der Waals surface area contributed by atoms with E-state index in [1.807, 2.05) is 6.07 Å². The molecule has 0 amide bonds. The number of carbonyl (C=O) groups excluding carboxylic acids is 1. The minimum Gasteiger partial charge on any atom is -0.477 e. The first kappa shape index (κ1) is 13.4. The Balaban J connectivity index is 1.96. The largest absolute Gasteiger partial charge is 0.477 e. The van der Waals surface area contributed by atoms with Crippen LogP contribution in [-0.2, 0) is 4.79 Å². The lowest BCUT2D eigenvalue weighted by atomic mass is 10.3. The Morgan fingerprint density at radius 1 is 1.21 bits per heavy atom. The zero-order valence-electron chi connectivity index (χ0n) is 10.2. The van der Waals surface area contributed by atoms with Crippen LogP contribution in [0.4, 0.5) is 0 Å². The van der Waals surface area contributed by atoms with Crippen molar-refractivity contribution in [1.29, 1.82) is 0 Å². The molecule has 0 saturated heterocycles. The van der Waals surface area contributed by atoms with Crippen LogP contribution in [0.15, 0.2) is 48.8 Å². The summed E-state index contributed by atoms with van der Waals surface area (Å²) in [5, 5.41) is 0.445. The van der Waals surface area contributed by atoms with Gasteiger partial charge in [-0.15, -0.1) is 0 Å². The summed E-state index contributed by atoms with van der Waals surface area (Å²) in [5.74, 6) is 0.420. The maximum absolute atomic E-state index is 11.8. The van der Waals surface area contributed by atoms with Gasteiger partial charge < -0.3 is 9.47 Å². The molecule has 0 N–H and O–H groups in total. The van der Waals surface area contributed by atoms with Crippen molar-refractivity contribution in [2.75, 3.05) is 0 Å². The first-order chi connectivity index (χ1) is 9.15. The number of halogens is 1. The number of hydrogen-bond donors (Lipinski definition) is 0. The Labute approximate surface area is 115 Å². The molecule has 1 atom stereocenters. The average Bonchev–Trinajstić information content (AvgIpc) is 2.40. The lowest BCUT2D eigenvalue weighted by molar-refractivity contribution is -0.141. The fraction of sp³-hybridized carbons (Fsp3) is 0.143. The minimum absolute atomic E-state index is 0.421. The SMILES string of the molecule is CC(Oc1cncc(Cl)c1)C(=O)Oc1ccccc1. The highest BCUT2D eigenvalue weighted by atomic mass is 35.5. The van der Waals surface area contributed by atoms with Gasteiger partial charge in [-0.25, -0.2) is 4.79 Å². The fourth-order valence-electron chi connectivity index (χ4n) is 1.40. The van der Waals surface area contributed by atoms with Crippen molar-refractivity contribution in [3.05, 3.63) is 53.8 Å². The fourth-order valence-corrected chi connectivity index (χ4v) is 1.56. The van der Waals surface area contributed by atoms with Crippen LogP contribution >= 0.6 is 11.6 Å². The normalized spacial score (nSPS) is 11.7. The summed E-state index contributed by atoms with van der Waals surface area (Å²) in [7, 11) is 0.